The highest BCUT2D eigenvalue weighted by Crippen LogP contribution is 2.61. The van der Waals surface area contributed by atoms with Crippen LogP contribution in [0.3, 0.4) is 0 Å². The molecule has 0 radical (unpaired) electrons. The summed E-state index contributed by atoms with van der Waals surface area (Å²) in [5.41, 5.74) is 0.391. The Balaban J connectivity index is 2.42. The molecule has 0 unspecified atom stereocenters. The van der Waals surface area contributed by atoms with Crippen LogP contribution in [-0.4, -0.2) is 23.9 Å². The summed E-state index contributed by atoms with van der Waals surface area (Å²) in [4.78, 5) is 0. The second kappa shape index (κ2) is 11.3. The van der Waals surface area contributed by atoms with Crippen LogP contribution in [0.4, 0.5) is 0 Å². The maximum Gasteiger partial charge on any atom is 0.162 e. The first kappa shape index (κ1) is 25.4. The Labute approximate surface area is 204 Å². The Bertz CT molecular complexity index is 919. The highest BCUT2D eigenvalue weighted by Gasteiger charge is 2.51. The first-order valence-electron chi connectivity index (χ1n) is 11.5. The topological polar surface area (TPSA) is 27.7 Å². The number of ether oxygens (including phenoxy) is 3. The Morgan fingerprint density at radius 3 is 1.06 bits per heavy atom. The monoisotopic (exact) mass is 485 g/mol. The molecule has 0 saturated carbocycles. The molecule has 176 valence electrons. The van der Waals surface area contributed by atoms with E-state index < -0.39 is 7.26 Å². The highest BCUT2D eigenvalue weighted by molar-refractivity contribution is 7.97. The highest BCUT2D eigenvalue weighted by atomic mass is 35.5. The molecule has 3 aromatic rings. The van der Waals surface area contributed by atoms with Crippen LogP contribution < -0.4 is 30.1 Å². The van der Waals surface area contributed by atoms with Crippen molar-refractivity contribution in [1.29, 1.82) is 0 Å². The van der Waals surface area contributed by atoms with Crippen LogP contribution >= 0.6 is 18.9 Å². The van der Waals surface area contributed by atoms with Gasteiger partial charge in [0.25, 0.3) is 0 Å². The van der Waals surface area contributed by atoms with Crippen LogP contribution in [-0.2, 0) is 0 Å². The largest absolute Gasteiger partial charge is 0.487 e. The van der Waals surface area contributed by atoms with Gasteiger partial charge in [0.05, 0.1) is 18.3 Å². The summed E-state index contributed by atoms with van der Waals surface area (Å²) < 4.78 is 19.0. The molecule has 0 amide bonds. The van der Waals surface area contributed by atoms with Gasteiger partial charge in [-0.25, -0.2) is 0 Å². The third kappa shape index (κ3) is 5.65. The molecule has 3 aromatic carbocycles. The molecule has 0 bridgehead atoms. The summed E-state index contributed by atoms with van der Waals surface area (Å²) in [7, 11) is -2.43. The lowest BCUT2D eigenvalue weighted by atomic mass is 10.3. The van der Waals surface area contributed by atoms with Crippen molar-refractivity contribution in [2.75, 3.05) is 5.62 Å². The Morgan fingerprint density at radius 1 is 0.545 bits per heavy atom. The van der Waals surface area contributed by atoms with E-state index in [2.05, 4.69) is 36.4 Å². The fourth-order valence-corrected chi connectivity index (χ4v) is 8.82. The van der Waals surface area contributed by atoms with Gasteiger partial charge in [-0.3, -0.25) is 0 Å². The van der Waals surface area contributed by atoms with Crippen molar-refractivity contribution >= 4 is 34.8 Å². The van der Waals surface area contributed by atoms with Crippen molar-refractivity contribution < 1.29 is 14.2 Å². The normalized spacial score (nSPS) is 11.8. The fourth-order valence-electron chi connectivity index (χ4n) is 3.96. The van der Waals surface area contributed by atoms with E-state index in [0.717, 1.165) is 33.2 Å². The summed E-state index contributed by atoms with van der Waals surface area (Å²) in [5.74, 6) is 2.54. The average Bonchev–Trinajstić information content (AvgIpc) is 2.76. The molecule has 33 heavy (non-hydrogen) atoms. The van der Waals surface area contributed by atoms with Gasteiger partial charge in [0.1, 0.15) is 28.8 Å². The molecule has 3 rings (SSSR count). The van der Waals surface area contributed by atoms with Gasteiger partial charge in [0.15, 0.2) is 17.2 Å². The smallest absolute Gasteiger partial charge is 0.162 e. The molecule has 0 spiro atoms. The zero-order valence-corrected chi connectivity index (χ0v) is 22.1. The Kier molecular flexibility index (Phi) is 8.68. The minimum absolute atomic E-state index is 0.0349. The van der Waals surface area contributed by atoms with Crippen molar-refractivity contribution in [3.8, 4) is 17.2 Å². The minimum Gasteiger partial charge on any atom is -0.487 e. The van der Waals surface area contributed by atoms with E-state index >= 15 is 0 Å². The van der Waals surface area contributed by atoms with Gasteiger partial charge in [-0.05, 0) is 77.9 Å². The van der Waals surface area contributed by atoms with Gasteiger partial charge < -0.3 is 14.2 Å². The maximum absolute atomic E-state index is 7.04. The predicted molar refractivity (Wildman–Crippen MR) is 143 cm³/mol. The number of alkyl halides is 1. The third-order valence-corrected chi connectivity index (χ3v) is 10.1. The number of rotatable bonds is 10. The fraction of sp³-hybridized carbons (Fsp3) is 0.357. The molecular formula is C28H35ClO3P+. The third-order valence-electron chi connectivity index (χ3n) is 5.10. The Hall–Kier alpha value is -2.22. The van der Waals surface area contributed by atoms with E-state index in [-0.39, 0.29) is 18.3 Å². The molecule has 0 aliphatic rings. The molecular weight excluding hydrogens is 451 g/mol. The lowest BCUT2D eigenvalue weighted by molar-refractivity contribution is 0.244. The molecule has 0 heterocycles. The first-order valence-corrected chi connectivity index (χ1v) is 14.0. The Morgan fingerprint density at radius 2 is 0.818 bits per heavy atom. The molecule has 0 saturated heterocycles. The van der Waals surface area contributed by atoms with Crippen LogP contribution in [0.5, 0.6) is 17.2 Å². The van der Waals surface area contributed by atoms with Gasteiger partial charge in [-0.1, -0.05) is 48.0 Å². The van der Waals surface area contributed by atoms with E-state index in [9.17, 15) is 0 Å². The second-order valence-corrected chi connectivity index (χ2v) is 12.9. The second-order valence-electron chi connectivity index (χ2n) is 8.83. The van der Waals surface area contributed by atoms with Gasteiger partial charge >= 0.3 is 0 Å². The van der Waals surface area contributed by atoms with Gasteiger partial charge in [0.2, 0.25) is 0 Å². The van der Waals surface area contributed by atoms with Crippen molar-refractivity contribution in [3.05, 3.63) is 72.8 Å². The summed E-state index contributed by atoms with van der Waals surface area (Å²) >= 11 is 7.04. The predicted octanol–water partition coefficient (Wildman–Crippen LogP) is 6.54. The number of hydrogen-bond donors (Lipinski definition) is 0. The number of para-hydroxylation sites is 3. The zero-order valence-electron chi connectivity index (χ0n) is 20.4. The zero-order chi connectivity index (χ0) is 24.0. The molecule has 3 nitrogen and oxygen atoms in total. The van der Waals surface area contributed by atoms with E-state index in [1.54, 1.807) is 0 Å². The van der Waals surface area contributed by atoms with Crippen LogP contribution in [0, 0.1) is 0 Å². The SMILES string of the molecule is CC(C)Oc1ccccc1[P+](CCl)(c1ccccc1OC(C)C)c1ccccc1OC(C)C. The number of hydrogen-bond acceptors (Lipinski definition) is 3. The van der Waals surface area contributed by atoms with Gasteiger partial charge in [0, 0.05) is 0 Å². The van der Waals surface area contributed by atoms with Crippen LogP contribution in [0.25, 0.3) is 0 Å². The standard InChI is InChI=1S/C28H35ClO3P/c1-20(2)30-23-13-7-10-16-26(23)33(19-29,27-17-11-8-14-24(27)31-21(3)4)28-18-12-9-15-25(28)32-22(5)6/h7-18,20-22H,19H2,1-6H3/q+1. The first-order chi connectivity index (χ1) is 15.8. The minimum atomic E-state index is -2.43. The summed E-state index contributed by atoms with van der Waals surface area (Å²) in [6.45, 7) is 12.3. The lowest BCUT2D eigenvalue weighted by Gasteiger charge is -2.30. The van der Waals surface area contributed by atoms with E-state index in [4.69, 9.17) is 25.8 Å². The molecule has 0 fully saturated rings. The molecule has 5 heteroatoms. The van der Waals surface area contributed by atoms with Crippen molar-refractivity contribution in [3.63, 3.8) is 0 Å². The summed E-state index contributed by atoms with van der Waals surface area (Å²) in [6, 6.07) is 24.7. The van der Waals surface area contributed by atoms with Gasteiger partial charge in [-0.15, -0.1) is 0 Å². The number of halogens is 1. The molecule has 0 aromatic heterocycles. The quantitative estimate of drug-likeness (QED) is 0.241. The van der Waals surface area contributed by atoms with Crippen LogP contribution in [0.2, 0.25) is 0 Å². The van der Waals surface area contributed by atoms with Gasteiger partial charge in [-0.2, -0.15) is 0 Å². The lowest BCUT2D eigenvalue weighted by Crippen LogP contribution is -2.36. The van der Waals surface area contributed by atoms with E-state index in [0.29, 0.717) is 5.62 Å². The van der Waals surface area contributed by atoms with Crippen molar-refractivity contribution in [2.24, 2.45) is 0 Å². The average molecular weight is 486 g/mol. The van der Waals surface area contributed by atoms with Crippen molar-refractivity contribution in [2.45, 2.75) is 59.9 Å². The van der Waals surface area contributed by atoms with E-state index in [1.807, 2.05) is 77.9 Å². The van der Waals surface area contributed by atoms with Crippen LogP contribution in [0.15, 0.2) is 72.8 Å². The molecule has 0 aliphatic heterocycles. The summed E-state index contributed by atoms with van der Waals surface area (Å²) in [6.07, 6.45) is 0.105. The molecule has 0 N–H and O–H groups in total. The van der Waals surface area contributed by atoms with Crippen molar-refractivity contribution in [1.82, 2.24) is 0 Å². The summed E-state index contributed by atoms with van der Waals surface area (Å²) in [5, 5.41) is 3.27. The molecule has 0 aliphatic carbocycles. The van der Waals surface area contributed by atoms with Crippen LogP contribution in [0.1, 0.15) is 41.5 Å². The maximum atomic E-state index is 7.04. The molecule has 0 atom stereocenters. The van der Waals surface area contributed by atoms with E-state index in [1.165, 1.54) is 0 Å². The number of benzene rings is 3.